The van der Waals surface area contributed by atoms with Gasteiger partial charge in [-0.1, -0.05) is 58.9 Å². The Morgan fingerprint density at radius 2 is 1.60 bits per heavy atom. The molecule has 2 heteroatoms. The Balaban J connectivity index is 2.16. The molecular weight excluding hydrogens is 244 g/mol. The lowest BCUT2D eigenvalue weighted by Crippen LogP contribution is -2.32. The van der Waals surface area contributed by atoms with E-state index >= 15 is 0 Å². The highest BCUT2D eigenvalue weighted by molar-refractivity contribution is 5.29. The van der Waals surface area contributed by atoms with Crippen molar-refractivity contribution in [1.82, 2.24) is 4.90 Å². The van der Waals surface area contributed by atoms with Gasteiger partial charge in [0.05, 0.1) is 0 Å². The van der Waals surface area contributed by atoms with Crippen LogP contribution in [0.2, 0.25) is 0 Å². The van der Waals surface area contributed by atoms with Crippen molar-refractivity contribution in [2.45, 2.75) is 46.1 Å². The van der Waals surface area contributed by atoms with Crippen LogP contribution in [0.25, 0.3) is 0 Å². The Hall–Kier alpha value is -0.860. The molecule has 0 saturated carbocycles. The van der Waals surface area contributed by atoms with Crippen molar-refractivity contribution < 1.29 is 0 Å². The third-order valence-electron chi connectivity index (χ3n) is 4.84. The summed E-state index contributed by atoms with van der Waals surface area (Å²) in [6.07, 6.45) is 0. The molecule has 3 unspecified atom stereocenters. The molecule has 0 bridgehead atoms. The van der Waals surface area contributed by atoms with Gasteiger partial charge in [0, 0.05) is 25.7 Å². The van der Waals surface area contributed by atoms with Crippen LogP contribution in [0.3, 0.4) is 0 Å². The normalized spacial score (nSPS) is 25.9. The largest absolute Gasteiger partial charge is 0.329 e. The van der Waals surface area contributed by atoms with Crippen molar-refractivity contribution >= 4 is 0 Å². The maximum Gasteiger partial charge on any atom is 0.0470 e. The van der Waals surface area contributed by atoms with Crippen LogP contribution in [-0.4, -0.2) is 24.5 Å². The highest BCUT2D eigenvalue weighted by Crippen LogP contribution is 2.31. The second-order valence-electron chi connectivity index (χ2n) is 7.53. The van der Waals surface area contributed by atoms with E-state index in [1.54, 1.807) is 0 Å². The fourth-order valence-corrected chi connectivity index (χ4v) is 3.13. The topological polar surface area (TPSA) is 29.3 Å². The molecule has 1 aromatic carbocycles. The van der Waals surface area contributed by atoms with Crippen LogP contribution in [0.1, 0.15) is 51.8 Å². The molecule has 1 fully saturated rings. The van der Waals surface area contributed by atoms with Gasteiger partial charge in [0.15, 0.2) is 0 Å². The number of nitrogens with zero attached hydrogens (tertiary/aromatic N) is 1. The molecule has 112 valence electrons. The van der Waals surface area contributed by atoms with Gasteiger partial charge in [-0.05, 0) is 28.4 Å². The first-order valence-corrected chi connectivity index (χ1v) is 7.87. The Morgan fingerprint density at radius 1 is 1.10 bits per heavy atom. The molecule has 20 heavy (non-hydrogen) atoms. The van der Waals surface area contributed by atoms with E-state index in [9.17, 15) is 0 Å². The van der Waals surface area contributed by atoms with Gasteiger partial charge in [-0.3, -0.25) is 4.90 Å². The fraction of sp³-hybridized carbons (Fsp3) is 0.667. The summed E-state index contributed by atoms with van der Waals surface area (Å²) in [6.45, 7) is 14.5. The highest BCUT2D eigenvalue weighted by Gasteiger charge is 2.31. The van der Waals surface area contributed by atoms with Crippen molar-refractivity contribution in [3.63, 3.8) is 0 Å². The minimum atomic E-state index is 0.216. The second kappa shape index (κ2) is 5.87. The summed E-state index contributed by atoms with van der Waals surface area (Å²) < 4.78 is 0. The summed E-state index contributed by atoms with van der Waals surface area (Å²) >= 11 is 0. The maximum absolute atomic E-state index is 6.06. The first-order valence-electron chi connectivity index (χ1n) is 7.87. The quantitative estimate of drug-likeness (QED) is 0.913. The maximum atomic E-state index is 6.06. The molecule has 3 atom stereocenters. The third-order valence-corrected chi connectivity index (χ3v) is 4.84. The number of rotatable bonds is 3. The van der Waals surface area contributed by atoms with Crippen LogP contribution in [0.5, 0.6) is 0 Å². The zero-order valence-electron chi connectivity index (χ0n) is 13.7. The fourth-order valence-electron chi connectivity index (χ4n) is 3.13. The van der Waals surface area contributed by atoms with E-state index in [1.807, 2.05) is 0 Å². The highest BCUT2D eigenvalue weighted by atomic mass is 15.2. The zero-order valence-corrected chi connectivity index (χ0v) is 13.7. The zero-order chi connectivity index (χ0) is 14.9. The number of hydrogen-bond acceptors (Lipinski definition) is 2. The molecule has 1 aliphatic heterocycles. The molecule has 0 amide bonds. The van der Waals surface area contributed by atoms with Gasteiger partial charge in [-0.15, -0.1) is 0 Å². The van der Waals surface area contributed by atoms with Gasteiger partial charge in [0.2, 0.25) is 0 Å². The van der Waals surface area contributed by atoms with Crippen LogP contribution >= 0.6 is 0 Å². The lowest BCUT2D eigenvalue weighted by atomic mass is 9.86. The van der Waals surface area contributed by atoms with E-state index in [0.29, 0.717) is 12.6 Å². The summed E-state index contributed by atoms with van der Waals surface area (Å²) in [5.74, 6) is 1.55. The Morgan fingerprint density at radius 3 is 2.00 bits per heavy atom. The smallest absolute Gasteiger partial charge is 0.0470 e. The Labute approximate surface area is 124 Å². The summed E-state index contributed by atoms with van der Waals surface area (Å²) in [5, 5.41) is 0. The lowest BCUT2D eigenvalue weighted by Gasteiger charge is -2.28. The molecule has 1 aliphatic rings. The van der Waals surface area contributed by atoms with Gasteiger partial charge in [-0.2, -0.15) is 0 Å². The molecule has 0 radical (unpaired) electrons. The molecule has 2 rings (SSSR count). The minimum absolute atomic E-state index is 0.216. The molecule has 0 aliphatic carbocycles. The van der Waals surface area contributed by atoms with E-state index in [0.717, 1.165) is 11.8 Å². The number of likely N-dealkylation sites (tertiary alicyclic amines) is 1. The van der Waals surface area contributed by atoms with Crippen molar-refractivity contribution in [2.24, 2.45) is 17.6 Å². The van der Waals surface area contributed by atoms with Crippen molar-refractivity contribution in [2.75, 3.05) is 19.6 Å². The SMILES string of the molecule is CC1CN(C(CN)c2ccc(C(C)(C)C)cc2)CC1C. The molecule has 2 nitrogen and oxygen atoms in total. The summed E-state index contributed by atoms with van der Waals surface area (Å²) in [6, 6.07) is 9.44. The monoisotopic (exact) mass is 274 g/mol. The standard InChI is InChI=1S/C18H30N2/c1-13-11-20(12-14(13)2)17(10-19)15-6-8-16(9-7-15)18(3,4)5/h6-9,13-14,17H,10-12,19H2,1-5H3. The van der Waals surface area contributed by atoms with E-state index in [-0.39, 0.29) is 5.41 Å². The molecule has 0 spiro atoms. The van der Waals surface area contributed by atoms with Crippen LogP contribution in [0, 0.1) is 11.8 Å². The van der Waals surface area contributed by atoms with Gasteiger partial charge in [-0.25, -0.2) is 0 Å². The van der Waals surface area contributed by atoms with Gasteiger partial charge in [0.25, 0.3) is 0 Å². The van der Waals surface area contributed by atoms with Crippen LogP contribution < -0.4 is 5.73 Å². The van der Waals surface area contributed by atoms with Crippen molar-refractivity contribution in [1.29, 1.82) is 0 Å². The Kier molecular flexibility index (Phi) is 4.55. The van der Waals surface area contributed by atoms with Crippen molar-refractivity contribution in [3.05, 3.63) is 35.4 Å². The number of nitrogens with two attached hydrogens (primary N) is 1. The number of hydrogen-bond donors (Lipinski definition) is 1. The van der Waals surface area contributed by atoms with Crippen LogP contribution in [0.15, 0.2) is 24.3 Å². The minimum Gasteiger partial charge on any atom is -0.329 e. The lowest BCUT2D eigenvalue weighted by molar-refractivity contribution is 0.240. The van der Waals surface area contributed by atoms with Gasteiger partial charge >= 0.3 is 0 Å². The molecule has 1 saturated heterocycles. The summed E-state index contributed by atoms with van der Waals surface area (Å²) in [5.41, 5.74) is 9.03. The van der Waals surface area contributed by atoms with Gasteiger partial charge in [0.1, 0.15) is 0 Å². The van der Waals surface area contributed by atoms with Gasteiger partial charge < -0.3 is 5.73 Å². The van der Waals surface area contributed by atoms with Crippen molar-refractivity contribution in [3.8, 4) is 0 Å². The molecule has 2 N–H and O–H groups in total. The molecule has 0 aromatic heterocycles. The average molecular weight is 274 g/mol. The molecule has 1 aromatic rings. The molecular formula is C18H30N2. The molecule has 1 heterocycles. The number of benzene rings is 1. The predicted molar refractivity (Wildman–Crippen MR) is 86.8 cm³/mol. The predicted octanol–water partition coefficient (Wildman–Crippen LogP) is 3.57. The second-order valence-corrected chi connectivity index (χ2v) is 7.53. The van der Waals surface area contributed by atoms with E-state index in [4.69, 9.17) is 5.73 Å². The first-order chi connectivity index (χ1) is 9.32. The third kappa shape index (κ3) is 3.24. The van der Waals surface area contributed by atoms with E-state index in [2.05, 4.69) is 63.8 Å². The first kappa shape index (κ1) is 15.5. The summed E-state index contributed by atoms with van der Waals surface area (Å²) in [4.78, 5) is 2.56. The average Bonchev–Trinajstić information content (AvgIpc) is 2.70. The van der Waals surface area contributed by atoms with Crippen LogP contribution in [-0.2, 0) is 5.41 Å². The van der Waals surface area contributed by atoms with E-state index < -0.39 is 0 Å². The van der Waals surface area contributed by atoms with E-state index in [1.165, 1.54) is 24.2 Å². The summed E-state index contributed by atoms with van der Waals surface area (Å²) in [7, 11) is 0. The van der Waals surface area contributed by atoms with Crippen LogP contribution in [0.4, 0.5) is 0 Å². The Bertz CT molecular complexity index is 420.